The van der Waals surface area contributed by atoms with Crippen molar-refractivity contribution in [3.63, 3.8) is 0 Å². The highest BCUT2D eigenvalue weighted by Crippen LogP contribution is 2.51. The van der Waals surface area contributed by atoms with Gasteiger partial charge in [-0.3, -0.25) is 32.9 Å². The molecule has 0 radical (unpaired) electrons. The van der Waals surface area contributed by atoms with E-state index in [1.807, 2.05) is 56.0 Å². The number of likely N-dealkylation sites (tertiary alicyclic amines) is 1. The first-order chi connectivity index (χ1) is 29.5. The van der Waals surface area contributed by atoms with Gasteiger partial charge in [-0.25, -0.2) is 0 Å². The van der Waals surface area contributed by atoms with Crippen LogP contribution in [0.2, 0.25) is 0 Å². The maximum atomic E-state index is 12.9. The summed E-state index contributed by atoms with van der Waals surface area (Å²) < 4.78 is 102. The molecule has 3 amide bonds. The number of carbonyl (C=O) groups excluding carboxylic acids is 3. The average molecular weight is 930 g/mol. The van der Waals surface area contributed by atoms with E-state index in [1.54, 1.807) is 18.2 Å². The van der Waals surface area contributed by atoms with Crippen LogP contribution >= 0.6 is 0 Å². The van der Waals surface area contributed by atoms with Gasteiger partial charge in [0, 0.05) is 73.4 Å². The maximum Gasteiger partial charge on any atom is 0.294 e. The molecule has 2 atom stereocenters. The lowest BCUT2D eigenvalue weighted by molar-refractivity contribution is -0.433. The number of allylic oxidation sites excluding steroid dienone is 8. The largest absolute Gasteiger partial charge is 0.354 e. The summed E-state index contributed by atoms with van der Waals surface area (Å²) in [6.45, 7) is 8.94. The fourth-order valence-corrected chi connectivity index (χ4v) is 10.3. The summed E-state index contributed by atoms with van der Waals surface area (Å²) >= 11 is 0. The number of imide groups is 1. The molecule has 0 spiro atoms. The van der Waals surface area contributed by atoms with Crippen molar-refractivity contribution >= 4 is 65.2 Å². The molecular formula is C44H57N4O12S3+. The second kappa shape index (κ2) is 19.9. The van der Waals surface area contributed by atoms with Gasteiger partial charge in [0.1, 0.15) is 6.54 Å². The van der Waals surface area contributed by atoms with E-state index < -0.39 is 46.9 Å². The Balaban J connectivity index is 1.41. The van der Waals surface area contributed by atoms with Crippen molar-refractivity contribution in [3.05, 3.63) is 101 Å². The highest BCUT2D eigenvalue weighted by atomic mass is 32.2. The molecule has 342 valence electrons. The zero-order valence-corrected chi connectivity index (χ0v) is 38.4. The van der Waals surface area contributed by atoms with E-state index in [4.69, 9.17) is 0 Å². The lowest BCUT2D eigenvalue weighted by Crippen LogP contribution is -2.37. The Morgan fingerprint density at radius 3 is 2.06 bits per heavy atom. The summed E-state index contributed by atoms with van der Waals surface area (Å²) in [4.78, 5) is 39.4. The molecule has 0 aliphatic carbocycles. The lowest BCUT2D eigenvalue weighted by atomic mass is 9.75. The maximum absolute atomic E-state index is 12.9. The minimum Gasteiger partial charge on any atom is -0.354 e. The number of hydrogen-bond donors (Lipinski definition) is 4. The zero-order chi connectivity index (χ0) is 46.4. The molecular weight excluding hydrogens is 873 g/mol. The molecule has 19 heteroatoms. The van der Waals surface area contributed by atoms with Crippen LogP contribution in [0.4, 0.5) is 11.4 Å². The van der Waals surface area contributed by atoms with Crippen LogP contribution in [0.25, 0.3) is 0 Å². The number of nitrogens with zero attached hydrogens (tertiary/aromatic N) is 3. The van der Waals surface area contributed by atoms with Gasteiger partial charge in [0.2, 0.25) is 23.4 Å². The van der Waals surface area contributed by atoms with Crippen LogP contribution in [0.3, 0.4) is 0 Å². The van der Waals surface area contributed by atoms with Crippen molar-refractivity contribution < 1.29 is 57.9 Å². The van der Waals surface area contributed by atoms with E-state index in [0.29, 0.717) is 42.8 Å². The third-order valence-electron chi connectivity index (χ3n) is 11.9. The Hall–Kier alpha value is -4.79. The average Bonchev–Trinajstić information content (AvgIpc) is 3.72. The number of anilines is 1. The highest BCUT2D eigenvalue weighted by Gasteiger charge is 2.47. The van der Waals surface area contributed by atoms with Gasteiger partial charge in [-0.15, -0.1) is 0 Å². The molecule has 0 aromatic heterocycles. The predicted molar refractivity (Wildman–Crippen MR) is 240 cm³/mol. The van der Waals surface area contributed by atoms with Crippen LogP contribution in [-0.4, -0.2) is 110 Å². The second-order valence-corrected chi connectivity index (χ2v) is 21.0. The minimum atomic E-state index is -4.62. The molecule has 0 saturated carbocycles. The summed E-state index contributed by atoms with van der Waals surface area (Å²) in [6, 6.07) is 10.4. The SMILES string of the molecule is CC[N+]1=C(/C=C/C=C/C=C/C=C2/N(CCCS(=O)(=O)O)c3ccc(S(=O)(=O)O)cc3C2(C)CCCC(=O)NCCN2C(=O)CCC2=O)C(C)(CCCS(=O)(=O)O)c2cc(C)ccc21. The van der Waals surface area contributed by atoms with Crippen LogP contribution in [0.5, 0.6) is 0 Å². The molecule has 3 aliphatic heterocycles. The topological polar surface area (TPSA) is 236 Å². The standard InChI is InChI=1S/C44H56N4O12S3/c1-5-46-36-19-17-32(2)30-34(36)44(4,24-12-28-61(52,53)54)38(46)14-9-7-6-8-10-15-39-43(3,23-11-16-40(49)45-25-27-48-41(50)21-22-42(48)51)35-31-33(63(58,59)60)18-20-37(35)47(39)26-13-29-62(55,56)57/h6-10,14-15,17-20,30-31H,5,11-13,16,21-29H2,1-4H3,(H3-,45,49,52,53,54,55,56,57,58,59,60)/p+1. The number of rotatable bonds is 21. The number of aryl methyl sites for hydroxylation is 1. The Bertz CT molecular complexity index is 2600. The van der Waals surface area contributed by atoms with E-state index in [0.717, 1.165) is 27.4 Å². The van der Waals surface area contributed by atoms with E-state index in [9.17, 15) is 53.3 Å². The Kier molecular flexibility index (Phi) is 15.6. The molecule has 1 saturated heterocycles. The van der Waals surface area contributed by atoms with Crippen LogP contribution in [0.1, 0.15) is 88.8 Å². The van der Waals surface area contributed by atoms with Gasteiger partial charge in [-0.05, 0) is 95.7 Å². The van der Waals surface area contributed by atoms with Crippen molar-refractivity contribution in [2.24, 2.45) is 0 Å². The molecule has 16 nitrogen and oxygen atoms in total. The second-order valence-electron chi connectivity index (χ2n) is 16.5. The molecule has 3 aliphatic rings. The third kappa shape index (κ3) is 12.1. The smallest absolute Gasteiger partial charge is 0.294 e. The summed E-state index contributed by atoms with van der Waals surface area (Å²) in [5, 5.41) is 2.74. The van der Waals surface area contributed by atoms with Crippen LogP contribution in [0.15, 0.2) is 89.5 Å². The number of hydrogen-bond acceptors (Lipinski definition) is 10. The normalized spacial score (nSPS) is 21.3. The first-order valence-electron chi connectivity index (χ1n) is 20.9. The quantitative estimate of drug-likeness (QED) is 0.0537. The molecule has 4 N–H and O–H groups in total. The lowest BCUT2D eigenvalue weighted by Gasteiger charge is -2.30. The molecule has 2 unspecified atom stereocenters. The number of nitrogens with one attached hydrogen (secondary N) is 1. The van der Waals surface area contributed by atoms with Crippen LogP contribution < -0.4 is 10.2 Å². The first kappa shape index (κ1) is 49.2. The number of benzene rings is 2. The van der Waals surface area contributed by atoms with Gasteiger partial charge < -0.3 is 10.2 Å². The molecule has 1 fully saturated rings. The summed E-state index contributed by atoms with van der Waals surface area (Å²) in [5.74, 6) is -1.75. The van der Waals surface area contributed by atoms with E-state index in [2.05, 4.69) is 28.9 Å². The Labute approximate surface area is 370 Å². The van der Waals surface area contributed by atoms with Gasteiger partial charge in [0.25, 0.3) is 30.4 Å². The monoisotopic (exact) mass is 929 g/mol. The van der Waals surface area contributed by atoms with E-state index in [1.165, 1.54) is 18.2 Å². The molecule has 5 rings (SSSR count). The predicted octanol–water partition coefficient (Wildman–Crippen LogP) is 5.33. The molecule has 63 heavy (non-hydrogen) atoms. The summed E-state index contributed by atoms with van der Waals surface area (Å²) in [5.41, 5.74) is 4.42. The fourth-order valence-electron chi connectivity index (χ4n) is 8.84. The zero-order valence-electron chi connectivity index (χ0n) is 36.0. The van der Waals surface area contributed by atoms with E-state index in [-0.39, 0.29) is 80.1 Å². The molecule has 3 heterocycles. The van der Waals surface area contributed by atoms with Crippen molar-refractivity contribution in [1.29, 1.82) is 0 Å². The number of fused-ring (bicyclic) bond motifs is 2. The summed E-state index contributed by atoms with van der Waals surface area (Å²) in [6.07, 6.45) is 14.6. The van der Waals surface area contributed by atoms with Crippen LogP contribution in [0, 0.1) is 6.92 Å². The Morgan fingerprint density at radius 1 is 0.778 bits per heavy atom. The van der Waals surface area contributed by atoms with Crippen molar-refractivity contribution in [2.75, 3.05) is 42.6 Å². The van der Waals surface area contributed by atoms with Gasteiger partial charge >= 0.3 is 0 Å². The molecule has 2 aromatic carbocycles. The number of carbonyl (C=O) groups is 3. The minimum absolute atomic E-state index is 0.0242. The van der Waals surface area contributed by atoms with Crippen LogP contribution in [-0.2, 0) is 55.6 Å². The van der Waals surface area contributed by atoms with Gasteiger partial charge in [0.15, 0.2) is 5.71 Å². The van der Waals surface area contributed by atoms with Gasteiger partial charge in [0.05, 0.1) is 21.8 Å². The third-order valence-corrected chi connectivity index (χ3v) is 14.4. The van der Waals surface area contributed by atoms with Gasteiger partial charge in [-0.1, -0.05) is 42.0 Å². The highest BCUT2D eigenvalue weighted by molar-refractivity contribution is 7.86. The van der Waals surface area contributed by atoms with Gasteiger partial charge in [-0.2, -0.15) is 29.8 Å². The van der Waals surface area contributed by atoms with Crippen molar-refractivity contribution in [2.45, 2.75) is 94.8 Å². The first-order valence-corrected chi connectivity index (χ1v) is 25.5. The fraction of sp³-hybridized carbons (Fsp3) is 0.455. The number of amides is 3. The molecule has 2 aromatic rings. The summed E-state index contributed by atoms with van der Waals surface area (Å²) in [7, 11) is -13.0. The van der Waals surface area contributed by atoms with Crippen molar-refractivity contribution in [1.82, 2.24) is 10.2 Å². The molecule has 0 bridgehead atoms. The Morgan fingerprint density at radius 2 is 1.41 bits per heavy atom. The van der Waals surface area contributed by atoms with E-state index >= 15 is 0 Å². The van der Waals surface area contributed by atoms with Crippen molar-refractivity contribution in [3.8, 4) is 0 Å².